The molecule has 0 fully saturated rings. The van der Waals surface area contributed by atoms with Gasteiger partial charge in [0, 0.05) is 25.6 Å². The highest BCUT2D eigenvalue weighted by Gasteiger charge is 2.11. The number of hydrogen-bond acceptors (Lipinski definition) is 4. The van der Waals surface area contributed by atoms with Gasteiger partial charge in [0.15, 0.2) is 5.96 Å². The lowest BCUT2D eigenvalue weighted by molar-refractivity contribution is -0.385. The monoisotopic (exact) mass is 316 g/mol. The minimum absolute atomic E-state index is 0.0858. The molecule has 0 spiro atoms. The lowest BCUT2D eigenvalue weighted by Gasteiger charge is -2.10. The van der Waals surface area contributed by atoms with Crippen molar-refractivity contribution < 1.29 is 9.34 Å². The van der Waals surface area contributed by atoms with E-state index in [1.165, 1.54) is 6.07 Å². The van der Waals surface area contributed by atoms with E-state index in [1.807, 2.05) is 19.1 Å². The fraction of sp³-hybridized carbons (Fsp3) is 0.312. The molecule has 0 aliphatic heterocycles. The van der Waals surface area contributed by atoms with Crippen LogP contribution in [0.3, 0.4) is 0 Å². The Bertz CT molecular complexity index is 653. The number of furan rings is 1. The SMILES string of the molecule is CCNC(=NCc1ccccc1[N+](=O)[O-])NCCc1ccco1. The van der Waals surface area contributed by atoms with Crippen LogP contribution in [0.25, 0.3) is 0 Å². The Hall–Kier alpha value is -2.83. The van der Waals surface area contributed by atoms with Gasteiger partial charge in [-0.15, -0.1) is 0 Å². The number of para-hydroxylation sites is 1. The van der Waals surface area contributed by atoms with Gasteiger partial charge < -0.3 is 15.1 Å². The molecule has 0 amide bonds. The molecule has 0 aliphatic carbocycles. The second-order valence-electron chi connectivity index (χ2n) is 4.84. The molecule has 7 heteroatoms. The third-order valence-electron chi connectivity index (χ3n) is 3.18. The highest BCUT2D eigenvalue weighted by atomic mass is 16.6. The first kappa shape index (κ1) is 16.5. The van der Waals surface area contributed by atoms with Crippen LogP contribution < -0.4 is 10.6 Å². The van der Waals surface area contributed by atoms with E-state index in [1.54, 1.807) is 24.5 Å². The summed E-state index contributed by atoms with van der Waals surface area (Å²) in [6.45, 7) is 3.58. The molecule has 122 valence electrons. The van der Waals surface area contributed by atoms with E-state index in [-0.39, 0.29) is 17.2 Å². The quantitative estimate of drug-likeness (QED) is 0.354. The lowest BCUT2D eigenvalue weighted by atomic mass is 10.2. The maximum absolute atomic E-state index is 11.0. The summed E-state index contributed by atoms with van der Waals surface area (Å²) in [5, 5.41) is 17.3. The van der Waals surface area contributed by atoms with Gasteiger partial charge in [-0.2, -0.15) is 0 Å². The van der Waals surface area contributed by atoms with E-state index < -0.39 is 0 Å². The third kappa shape index (κ3) is 5.14. The molecular formula is C16H20N4O3. The zero-order valence-corrected chi connectivity index (χ0v) is 13.0. The molecule has 2 aromatic rings. The van der Waals surface area contributed by atoms with Gasteiger partial charge in [0.25, 0.3) is 5.69 Å². The van der Waals surface area contributed by atoms with E-state index in [4.69, 9.17) is 4.42 Å². The topological polar surface area (TPSA) is 92.7 Å². The van der Waals surface area contributed by atoms with E-state index in [9.17, 15) is 10.1 Å². The first-order valence-corrected chi connectivity index (χ1v) is 7.47. The maximum atomic E-state index is 11.0. The van der Waals surface area contributed by atoms with E-state index in [0.717, 1.165) is 12.2 Å². The van der Waals surface area contributed by atoms with Crippen molar-refractivity contribution >= 4 is 11.6 Å². The molecule has 0 atom stereocenters. The standard InChI is InChI=1S/C16H20N4O3/c1-2-17-16(18-10-9-14-7-5-11-23-14)19-12-13-6-3-4-8-15(13)20(21)22/h3-8,11H,2,9-10,12H2,1H3,(H2,17,18,19). The number of nitro groups is 1. The minimum atomic E-state index is -0.387. The summed E-state index contributed by atoms with van der Waals surface area (Å²) in [7, 11) is 0. The zero-order chi connectivity index (χ0) is 16.5. The molecule has 0 radical (unpaired) electrons. The van der Waals surface area contributed by atoms with Crippen molar-refractivity contribution in [2.45, 2.75) is 19.9 Å². The first-order valence-electron chi connectivity index (χ1n) is 7.47. The molecule has 0 saturated carbocycles. The van der Waals surface area contributed by atoms with E-state index in [2.05, 4.69) is 15.6 Å². The lowest BCUT2D eigenvalue weighted by Crippen LogP contribution is -2.38. The first-order chi connectivity index (χ1) is 11.2. The molecule has 0 saturated heterocycles. The number of nitrogens with one attached hydrogen (secondary N) is 2. The third-order valence-corrected chi connectivity index (χ3v) is 3.18. The van der Waals surface area contributed by atoms with Crippen molar-refractivity contribution in [1.82, 2.24) is 10.6 Å². The molecular weight excluding hydrogens is 296 g/mol. The fourth-order valence-corrected chi connectivity index (χ4v) is 2.09. The summed E-state index contributed by atoms with van der Waals surface area (Å²) in [4.78, 5) is 15.0. The Morgan fingerprint density at radius 2 is 2.09 bits per heavy atom. The van der Waals surface area contributed by atoms with Crippen LogP contribution in [0, 0.1) is 10.1 Å². The highest BCUT2D eigenvalue weighted by Crippen LogP contribution is 2.18. The van der Waals surface area contributed by atoms with Crippen molar-refractivity contribution in [3.05, 3.63) is 64.1 Å². The average Bonchev–Trinajstić information content (AvgIpc) is 3.06. The molecule has 1 aromatic carbocycles. The van der Waals surface area contributed by atoms with Crippen molar-refractivity contribution in [3.63, 3.8) is 0 Å². The van der Waals surface area contributed by atoms with E-state index >= 15 is 0 Å². The van der Waals surface area contributed by atoms with Gasteiger partial charge in [-0.1, -0.05) is 18.2 Å². The van der Waals surface area contributed by atoms with Gasteiger partial charge in [-0.25, -0.2) is 4.99 Å². The smallest absolute Gasteiger partial charge is 0.274 e. The molecule has 0 bridgehead atoms. The molecule has 2 N–H and O–H groups in total. The maximum Gasteiger partial charge on any atom is 0.274 e. The summed E-state index contributed by atoms with van der Waals surface area (Å²) < 4.78 is 5.27. The highest BCUT2D eigenvalue weighted by molar-refractivity contribution is 5.79. The summed E-state index contributed by atoms with van der Waals surface area (Å²) in [5.41, 5.74) is 0.670. The van der Waals surface area contributed by atoms with Gasteiger partial charge in [0.05, 0.1) is 23.3 Å². The Kier molecular flexibility index (Phi) is 6.17. The van der Waals surface area contributed by atoms with Crippen molar-refractivity contribution in [2.24, 2.45) is 4.99 Å². The molecule has 0 unspecified atom stereocenters. The van der Waals surface area contributed by atoms with Crippen LogP contribution >= 0.6 is 0 Å². The van der Waals surface area contributed by atoms with Crippen LogP contribution in [0.2, 0.25) is 0 Å². The van der Waals surface area contributed by atoms with Gasteiger partial charge in [-0.3, -0.25) is 10.1 Å². The number of hydrogen-bond donors (Lipinski definition) is 2. The second kappa shape index (κ2) is 8.57. The van der Waals surface area contributed by atoms with Crippen LogP contribution in [-0.4, -0.2) is 24.0 Å². The number of nitro benzene ring substituents is 1. The number of aliphatic imine (C=N–C) groups is 1. The number of guanidine groups is 1. The van der Waals surface area contributed by atoms with Crippen LogP contribution in [0.15, 0.2) is 52.1 Å². The van der Waals surface area contributed by atoms with Gasteiger partial charge in [0.2, 0.25) is 0 Å². The van der Waals surface area contributed by atoms with E-state index in [0.29, 0.717) is 24.6 Å². The number of benzene rings is 1. The molecule has 7 nitrogen and oxygen atoms in total. The van der Waals surface area contributed by atoms with Gasteiger partial charge >= 0.3 is 0 Å². The predicted molar refractivity (Wildman–Crippen MR) is 88.3 cm³/mol. The van der Waals surface area contributed by atoms with Crippen LogP contribution in [0.5, 0.6) is 0 Å². The zero-order valence-electron chi connectivity index (χ0n) is 13.0. The minimum Gasteiger partial charge on any atom is -0.469 e. The molecule has 23 heavy (non-hydrogen) atoms. The Morgan fingerprint density at radius 3 is 2.78 bits per heavy atom. The molecule has 2 rings (SSSR count). The summed E-state index contributed by atoms with van der Waals surface area (Å²) in [6, 6.07) is 10.4. The Balaban J connectivity index is 1.96. The Morgan fingerprint density at radius 1 is 1.26 bits per heavy atom. The van der Waals surface area contributed by atoms with Gasteiger partial charge in [0.1, 0.15) is 5.76 Å². The van der Waals surface area contributed by atoms with Crippen molar-refractivity contribution in [3.8, 4) is 0 Å². The molecule has 1 aromatic heterocycles. The average molecular weight is 316 g/mol. The summed E-state index contributed by atoms with van der Waals surface area (Å²) in [5.74, 6) is 1.52. The molecule has 1 heterocycles. The second-order valence-corrected chi connectivity index (χ2v) is 4.84. The Labute approximate surface area is 134 Å². The van der Waals surface area contributed by atoms with Crippen LogP contribution in [-0.2, 0) is 13.0 Å². The fourth-order valence-electron chi connectivity index (χ4n) is 2.09. The predicted octanol–water partition coefficient (Wildman–Crippen LogP) is 2.49. The summed E-state index contributed by atoms with van der Waals surface area (Å²) in [6.07, 6.45) is 2.38. The largest absolute Gasteiger partial charge is 0.469 e. The molecule has 0 aliphatic rings. The van der Waals surface area contributed by atoms with Crippen molar-refractivity contribution in [2.75, 3.05) is 13.1 Å². The van der Waals surface area contributed by atoms with Gasteiger partial charge in [-0.05, 0) is 19.1 Å². The van der Waals surface area contributed by atoms with Crippen LogP contribution in [0.4, 0.5) is 5.69 Å². The van der Waals surface area contributed by atoms with Crippen molar-refractivity contribution in [1.29, 1.82) is 0 Å². The normalized spacial score (nSPS) is 11.3. The number of nitrogens with zero attached hydrogens (tertiary/aromatic N) is 2. The number of rotatable bonds is 7. The summed E-state index contributed by atoms with van der Waals surface area (Å²) >= 11 is 0. The van der Waals surface area contributed by atoms with Crippen LogP contribution in [0.1, 0.15) is 18.2 Å².